The van der Waals surface area contributed by atoms with Crippen LogP contribution in [0.5, 0.6) is 5.75 Å². The Hall–Kier alpha value is -4.19. The lowest BCUT2D eigenvalue weighted by Crippen LogP contribution is -2.38. The van der Waals surface area contributed by atoms with Crippen molar-refractivity contribution in [2.24, 2.45) is 0 Å². The highest BCUT2D eigenvalue weighted by Gasteiger charge is 2.20. The Morgan fingerprint density at radius 1 is 0.829 bits per heavy atom. The molecule has 1 aliphatic carbocycles. The second-order valence-electron chi connectivity index (χ2n) is 8.79. The number of rotatable bonds is 5. The molecule has 0 unspecified atom stereocenters. The SMILES string of the molecule is O=C(Oc1ccc2cc(C(=O)NC3CCCCC3)c(=O)oc2c1)c1ccc(-c2ccccc2)cc1. The summed E-state index contributed by atoms with van der Waals surface area (Å²) in [6, 6.07) is 23.4. The molecule has 1 fully saturated rings. The Morgan fingerprint density at radius 2 is 1.54 bits per heavy atom. The van der Waals surface area contributed by atoms with E-state index in [1.54, 1.807) is 24.3 Å². The largest absolute Gasteiger partial charge is 0.423 e. The average molecular weight is 468 g/mol. The van der Waals surface area contributed by atoms with E-state index >= 15 is 0 Å². The summed E-state index contributed by atoms with van der Waals surface area (Å²) in [5.41, 5.74) is 1.97. The Kier molecular flexibility index (Phi) is 6.44. The lowest BCUT2D eigenvalue weighted by atomic mass is 9.95. The molecule has 1 N–H and O–H groups in total. The number of benzene rings is 3. The molecule has 0 atom stereocenters. The summed E-state index contributed by atoms with van der Waals surface area (Å²) >= 11 is 0. The van der Waals surface area contributed by atoms with Crippen LogP contribution in [0.25, 0.3) is 22.1 Å². The van der Waals surface area contributed by atoms with Crippen molar-refractivity contribution in [1.29, 1.82) is 0 Å². The van der Waals surface area contributed by atoms with Gasteiger partial charge in [-0.2, -0.15) is 0 Å². The molecular formula is C29H25NO5. The molecule has 1 aromatic heterocycles. The molecule has 1 amide bonds. The standard InChI is InChI=1S/C29H25NO5/c31-27(30-23-9-5-2-6-10-23)25-17-22-15-16-24(18-26(22)35-29(25)33)34-28(32)21-13-11-20(12-14-21)19-7-3-1-4-8-19/h1,3-4,7-8,11-18,23H,2,5-6,9-10H2,(H,30,31). The highest BCUT2D eigenvalue weighted by Crippen LogP contribution is 2.24. The van der Waals surface area contributed by atoms with Gasteiger partial charge in [0.05, 0.1) is 5.56 Å². The minimum Gasteiger partial charge on any atom is -0.423 e. The van der Waals surface area contributed by atoms with E-state index in [1.807, 2.05) is 42.5 Å². The zero-order valence-corrected chi connectivity index (χ0v) is 19.2. The first kappa shape index (κ1) is 22.6. The van der Waals surface area contributed by atoms with Gasteiger partial charge in [0.25, 0.3) is 5.91 Å². The summed E-state index contributed by atoms with van der Waals surface area (Å²) in [5, 5.41) is 3.52. The van der Waals surface area contributed by atoms with E-state index in [-0.39, 0.29) is 22.9 Å². The van der Waals surface area contributed by atoms with Gasteiger partial charge in [-0.15, -0.1) is 0 Å². The van der Waals surface area contributed by atoms with Crippen molar-refractivity contribution in [3.8, 4) is 16.9 Å². The van der Waals surface area contributed by atoms with E-state index in [2.05, 4.69) is 5.32 Å². The molecule has 0 bridgehead atoms. The molecule has 176 valence electrons. The normalized spacial score (nSPS) is 13.9. The van der Waals surface area contributed by atoms with Crippen LogP contribution in [0, 0.1) is 0 Å². The molecular weight excluding hydrogens is 442 g/mol. The average Bonchev–Trinajstić information content (AvgIpc) is 2.89. The number of carbonyl (C=O) groups excluding carboxylic acids is 2. The number of amides is 1. The van der Waals surface area contributed by atoms with Gasteiger partial charge in [-0.25, -0.2) is 9.59 Å². The molecule has 6 nitrogen and oxygen atoms in total. The van der Waals surface area contributed by atoms with Gasteiger partial charge in [0.2, 0.25) is 0 Å². The molecule has 0 aliphatic heterocycles. The number of fused-ring (bicyclic) bond motifs is 1. The number of hydrogen-bond donors (Lipinski definition) is 1. The maximum absolute atomic E-state index is 12.6. The maximum Gasteiger partial charge on any atom is 0.349 e. The van der Waals surface area contributed by atoms with Crippen LogP contribution in [0.15, 0.2) is 88.1 Å². The molecule has 6 heteroatoms. The molecule has 4 aromatic rings. The Bertz CT molecular complexity index is 1420. The van der Waals surface area contributed by atoms with Gasteiger partial charge in [0, 0.05) is 17.5 Å². The second kappa shape index (κ2) is 9.97. The third-order valence-electron chi connectivity index (χ3n) is 6.33. The van der Waals surface area contributed by atoms with Crippen molar-refractivity contribution in [1.82, 2.24) is 5.32 Å². The van der Waals surface area contributed by atoms with Gasteiger partial charge >= 0.3 is 11.6 Å². The van der Waals surface area contributed by atoms with Crippen LogP contribution < -0.4 is 15.7 Å². The second-order valence-corrected chi connectivity index (χ2v) is 8.79. The van der Waals surface area contributed by atoms with E-state index < -0.39 is 17.5 Å². The molecule has 1 heterocycles. The van der Waals surface area contributed by atoms with Gasteiger partial charge in [0.15, 0.2) is 0 Å². The molecule has 1 aliphatic rings. The predicted octanol–water partition coefficient (Wildman–Crippen LogP) is 5.74. The first-order valence-electron chi connectivity index (χ1n) is 11.8. The lowest BCUT2D eigenvalue weighted by Gasteiger charge is -2.22. The van der Waals surface area contributed by atoms with E-state index in [4.69, 9.17) is 9.15 Å². The number of hydrogen-bond acceptors (Lipinski definition) is 5. The summed E-state index contributed by atoms with van der Waals surface area (Å²) in [4.78, 5) is 37.7. The minimum atomic E-state index is -0.717. The monoisotopic (exact) mass is 467 g/mol. The van der Waals surface area contributed by atoms with Crippen LogP contribution in [0.3, 0.4) is 0 Å². The highest BCUT2D eigenvalue weighted by molar-refractivity contribution is 5.97. The van der Waals surface area contributed by atoms with Crippen LogP contribution in [0.1, 0.15) is 52.8 Å². The van der Waals surface area contributed by atoms with Crippen molar-refractivity contribution in [2.75, 3.05) is 0 Å². The van der Waals surface area contributed by atoms with Crippen molar-refractivity contribution in [3.05, 3.63) is 100 Å². The molecule has 35 heavy (non-hydrogen) atoms. The lowest BCUT2D eigenvalue weighted by molar-refractivity contribution is 0.0734. The summed E-state index contributed by atoms with van der Waals surface area (Å²) in [6.45, 7) is 0. The molecule has 0 saturated heterocycles. The van der Waals surface area contributed by atoms with Crippen LogP contribution in [0.4, 0.5) is 0 Å². The van der Waals surface area contributed by atoms with Crippen LogP contribution >= 0.6 is 0 Å². The van der Waals surface area contributed by atoms with Gasteiger partial charge in [0.1, 0.15) is 16.9 Å². The highest BCUT2D eigenvalue weighted by atomic mass is 16.5. The molecule has 1 saturated carbocycles. The van der Waals surface area contributed by atoms with Crippen LogP contribution in [-0.4, -0.2) is 17.9 Å². The summed E-state index contributed by atoms with van der Waals surface area (Å²) in [7, 11) is 0. The number of nitrogens with one attached hydrogen (secondary N) is 1. The van der Waals surface area contributed by atoms with Crippen molar-refractivity contribution in [3.63, 3.8) is 0 Å². The zero-order chi connectivity index (χ0) is 24.2. The van der Waals surface area contributed by atoms with E-state index in [0.29, 0.717) is 10.9 Å². The summed E-state index contributed by atoms with van der Waals surface area (Å²) < 4.78 is 10.9. The fourth-order valence-corrected chi connectivity index (χ4v) is 4.42. The fraction of sp³-hybridized carbons (Fsp3) is 0.207. The third-order valence-corrected chi connectivity index (χ3v) is 6.33. The van der Waals surface area contributed by atoms with Gasteiger partial charge in [-0.3, -0.25) is 4.79 Å². The third kappa shape index (κ3) is 5.17. The van der Waals surface area contributed by atoms with Crippen molar-refractivity contribution < 1.29 is 18.7 Å². The predicted molar refractivity (Wildman–Crippen MR) is 134 cm³/mol. The minimum absolute atomic E-state index is 0.0219. The summed E-state index contributed by atoms with van der Waals surface area (Å²) in [5.74, 6) is -0.686. The smallest absolute Gasteiger partial charge is 0.349 e. The Morgan fingerprint density at radius 3 is 2.29 bits per heavy atom. The van der Waals surface area contributed by atoms with E-state index in [1.165, 1.54) is 18.6 Å². The number of esters is 1. The quantitative estimate of drug-likeness (QED) is 0.230. The topological polar surface area (TPSA) is 85.6 Å². The number of carbonyl (C=O) groups is 2. The molecule has 0 spiro atoms. The van der Waals surface area contributed by atoms with Crippen LogP contribution in [0.2, 0.25) is 0 Å². The molecule has 5 rings (SSSR count). The first-order chi connectivity index (χ1) is 17.1. The zero-order valence-electron chi connectivity index (χ0n) is 19.2. The van der Waals surface area contributed by atoms with E-state index in [9.17, 15) is 14.4 Å². The number of ether oxygens (including phenoxy) is 1. The van der Waals surface area contributed by atoms with Gasteiger partial charge in [-0.05, 0) is 54.3 Å². The Balaban J connectivity index is 1.30. The Labute approximate surface area is 202 Å². The molecule has 0 radical (unpaired) electrons. The van der Waals surface area contributed by atoms with Crippen LogP contribution in [-0.2, 0) is 0 Å². The fourth-order valence-electron chi connectivity index (χ4n) is 4.42. The maximum atomic E-state index is 12.6. The van der Waals surface area contributed by atoms with E-state index in [0.717, 1.165) is 36.8 Å². The van der Waals surface area contributed by atoms with Crippen molar-refractivity contribution >= 4 is 22.8 Å². The first-order valence-corrected chi connectivity index (χ1v) is 11.8. The van der Waals surface area contributed by atoms with Crippen molar-refractivity contribution in [2.45, 2.75) is 38.1 Å². The molecule has 3 aromatic carbocycles. The van der Waals surface area contributed by atoms with Gasteiger partial charge < -0.3 is 14.5 Å². The van der Waals surface area contributed by atoms with Gasteiger partial charge in [-0.1, -0.05) is 61.7 Å². The summed E-state index contributed by atoms with van der Waals surface area (Å²) in [6.07, 6.45) is 5.19.